The number of hydrogen-bond donors (Lipinski definition) is 0. The minimum atomic E-state index is -0.811. The highest BCUT2D eigenvalue weighted by atomic mass is 16.5. The van der Waals surface area contributed by atoms with Crippen molar-refractivity contribution < 1.29 is 14.3 Å². The highest BCUT2D eigenvalue weighted by Gasteiger charge is 2.30. The number of carbonyl (C=O) groups is 1. The highest BCUT2D eigenvalue weighted by molar-refractivity contribution is 6.00. The second kappa shape index (κ2) is 10.2. The van der Waals surface area contributed by atoms with Crippen LogP contribution in [0.25, 0.3) is 0 Å². The van der Waals surface area contributed by atoms with E-state index in [0.29, 0.717) is 18.1 Å². The van der Waals surface area contributed by atoms with Crippen molar-refractivity contribution in [2.45, 2.75) is 91.8 Å². The molecule has 1 unspecified atom stereocenters. The fourth-order valence-corrected chi connectivity index (χ4v) is 2.45. The van der Waals surface area contributed by atoms with E-state index in [4.69, 9.17) is 9.47 Å². The monoisotopic (exact) mass is 326 g/mol. The van der Waals surface area contributed by atoms with Crippen LogP contribution < -0.4 is 0 Å². The minimum absolute atomic E-state index is 0.0400. The van der Waals surface area contributed by atoms with Gasteiger partial charge in [-0.25, -0.2) is 0 Å². The SMILES string of the molecule is C=C(C)C(=O)C(C)(C)OCCC(C)(C)OCC(CC)CCCC. The number of ether oxygens (including phenoxy) is 2. The van der Waals surface area contributed by atoms with Gasteiger partial charge in [-0.3, -0.25) is 4.79 Å². The third-order valence-corrected chi connectivity index (χ3v) is 4.35. The highest BCUT2D eigenvalue weighted by Crippen LogP contribution is 2.22. The maximum atomic E-state index is 12.0. The summed E-state index contributed by atoms with van der Waals surface area (Å²) >= 11 is 0. The van der Waals surface area contributed by atoms with Crippen LogP contribution in [0.15, 0.2) is 12.2 Å². The standard InChI is InChI=1S/C20H38O3/c1-9-11-12-17(10-2)15-23-19(5,6)13-14-22-20(7,8)18(21)16(3)4/h17H,3,9-15H2,1-2,4-8H3. The molecule has 0 aliphatic heterocycles. The van der Waals surface area contributed by atoms with Crippen LogP contribution in [-0.4, -0.2) is 30.2 Å². The molecule has 3 heteroatoms. The van der Waals surface area contributed by atoms with Crippen LogP contribution in [0.4, 0.5) is 0 Å². The van der Waals surface area contributed by atoms with E-state index in [2.05, 4.69) is 34.3 Å². The Morgan fingerprint density at radius 2 is 1.74 bits per heavy atom. The Morgan fingerprint density at radius 3 is 2.22 bits per heavy atom. The van der Waals surface area contributed by atoms with E-state index in [0.717, 1.165) is 19.4 Å². The van der Waals surface area contributed by atoms with Gasteiger partial charge in [-0.1, -0.05) is 39.7 Å². The number of rotatable bonds is 13. The van der Waals surface area contributed by atoms with Crippen LogP contribution >= 0.6 is 0 Å². The molecule has 0 heterocycles. The van der Waals surface area contributed by atoms with Gasteiger partial charge in [0, 0.05) is 0 Å². The van der Waals surface area contributed by atoms with Gasteiger partial charge in [0.25, 0.3) is 0 Å². The fraction of sp³-hybridized carbons (Fsp3) is 0.850. The Bertz CT molecular complexity index is 369. The average Bonchev–Trinajstić information content (AvgIpc) is 2.46. The third-order valence-electron chi connectivity index (χ3n) is 4.35. The van der Waals surface area contributed by atoms with Crippen molar-refractivity contribution in [2.75, 3.05) is 13.2 Å². The topological polar surface area (TPSA) is 35.5 Å². The number of hydrogen-bond acceptors (Lipinski definition) is 3. The summed E-state index contributed by atoms with van der Waals surface area (Å²) in [7, 11) is 0. The van der Waals surface area contributed by atoms with E-state index < -0.39 is 5.60 Å². The molecule has 3 nitrogen and oxygen atoms in total. The number of Topliss-reactive ketones (excluding diaryl/α,β-unsaturated/α-hetero) is 1. The molecule has 1 atom stereocenters. The number of carbonyl (C=O) groups excluding carboxylic acids is 1. The van der Waals surface area contributed by atoms with Gasteiger partial charge >= 0.3 is 0 Å². The molecule has 0 fully saturated rings. The molecule has 0 aliphatic carbocycles. The zero-order chi connectivity index (χ0) is 18.1. The summed E-state index contributed by atoms with van der Waals surface area (Å²) in [6, 6.07) is 0. The zero-order valence-electron chi connectivity index (χ0n) is 16.5. The molecule has 0 amide bonds. The van der Waals surface area contributed by atoms with Gasteiger partial charge in [-0.2, -0.15) is 0 Å². The summed E-state index contributed by atoms with van der Waals surface area (Å²) in [4.78, 5) is 12.0. The Balaban J connectivity index is 4.26. The van der Waals surface area contributed by atoms with Crippen LogP contribution in [0.5, 0.6) is 0 Å². The summed E-state index contributed by atoms with van der Waals surface area (Å²) in [5.74, 6) is 0.596. The van der Waals surface area contributed by atoms with Gasteiger partial charge in [0.15, 0.2) is 5.78 Å². The van der Waals surface area contributed by atoms with E-state index in [1.165, 1.54) is 19.3 Å². The predicted molar refractivity (Wildman–Crippen MR) is 97.8 cm³/mol. The second-order valence-electron chi connectivity index (χ2n) is 7.71. The second-order valence-corrected chi connectivity index (χ2v) is 7.71. The lowest BCUT2D eigenvalue weighted by Gasteiger charge is -2.30. The molecule has 0 aromatic carbocycles. The number of ketones is 1. The van der Waals surface area contributed by atoms with E-state index >= 15 is 0 Å². The summed E-state index contributed by atoms with van der Waals surface area (Å²) in [5, 5.41) is 0. The van der Waals surface area contributed by atoms with Gasteiger partial charge < -0.3 is 9.47 Å². The molecule has 0 aromatic rings. The molecule has 0 rings (SSSR count). The van der Waals surface area contributed by atoms with Crippen LogP contribution in [-0.2, 0) is 14.3 Å². The van der Waals surface area contributed by atoms with Crippen molar-refractivity contribution in [1.82, 2.24) is 0 Å². The van der Waals surface area contributed by atoms with Gasteiger partial charge in [0.2, 0.25) is 0 Å². The van der Waals surface area contributed by atoms with E-state index in [-0.39, 0.29) is 11.4 Å². The Labute approximate surface area is 143 Å². The molecule has 0 aromatic heterocycles. The summed E-state index contributed by atoms with van der Waals surface area (Å²) in [6.45, 7) is 19.0. The smallest absolute Gasteiger partial charge is 0.189 e. The Morgan fingerprint density at radius 1 is 1.13 bits per heavy atom. The molecule has 0 saturated carbocycles. The first kappa shape index (κ1) is 22.3. The predicted octanol–water partition coefficient (Wildman–Crippen LogP) is 5.33. The Kier molecular flexibility index (Phi) is 9.95. The van der Waals surface area contributed by atoms with E-state index in [1.807, 2.05) is 0 Å². The Hall–Kier alpha value is -0.670. The molecule has 136 valence electrons. The molecular formula is C20H38O3. The average molecular weight is 327 g/mol. The maximum Gasteiger partial charge on any atom is 0.189 e. The molecule has 0 radical (unpaired) electrons. The summed E-state index contributed by atoms with van der Waals surface area (Å²) in [5.41, 5.74) is -0.510. The first-order valence-corrected chi connectivity index (χ1v) is 9.04. The first-order chi connectivity index (χ1) is 10.6. The minimum Gasteiger partial charge on any atom is -0.375 e. The largest absolute Gasteiger partial charge is 0.375 e. The van der Waals surface area contributed by atoms with Crippen LogP contribution in [0, 0.1) is 5.92 Å². The van der Waals surface area contributed by atoms with Crippen LogP contribution in [0.3, 0.4) is 0 Å². The third kappa shape index (κ3) is 9.26. The maximum absolute atomic E-state index is 12.0. The molecule has 23 heavy (non-hydrogen) atoms. The van der Waals surface area contributed by atoms with E-state index in [1.54, 1.807) is 20.8 Å². The van der Waals surface area contributed by atoms with Crippen molar-refractivity contribution in [3.8, 4) is 0 Å². The molecule has 0 spiro atoms. The first-order valence-electron chi connectivity index (χ1n) is 9.04. The fourth-order valence-electron chi connectivity index (χ4n) is 2.45. The molecule has 0 N–H and O–H groups in total. The van der Waals surface area contributed by atoms with Gasteiger partial charge in [0.05, 0.1) is 18.8 Å². The molecule has 0 bridgehead atoms. The molecular weight excluding hydrogens is 288 g/mol. The van der Waals surface area contributed by atoms with Gasteiger partial charge in [0.1, 0.15) is 5.60 Å². The summed E-state index contributed by atoms with van der Waals surface area (Å²) in [6.07, 6.45) is 5.67. The normalized spacial score (nSPS) is 13.9. The van der Waals surface area contributed by atoms with Crippen molar-refractivity contribution in [2.24, 2.45) is 5.92 Å². The molecule has 0 aliphatic rings. The van der Waals surface area contributed by atoms with Crippen molar-refractivity contribution in [1.29, 1.82) is 0 Å². The lowest BCUT2D eigenvalue weighted by atomic mass is 9.97. The van der Waals surface area contributed by atoms with Crippen LogP contribution in [0.2, 0.25) is 0 Å². The summed E-state index contributed by atoms with van der Waals surface area (Å²) < 4.78 is 11.9. The molecule has 0 saturated heterocycles. The van der Waals surface area contributed by atoms with Crippen molar-refractivity contribution in [3.63, 3.8) is 0 Å². The lowest BCUT2D eigenvalue weighted by Crippen LogP contribution is -2.37. The van der Waals surface area contributed by atoms with Crippen molar-refractivity contribution >= 4 is 5.78 Å². The quantitative estimate of drug-likeness (QED) is 0.429. The van der Waals surface area contributed by atoms with Crippen molar-refractivity contribution in [3.05, 3.63) is 12.2 Å². The van der Waals surface area contributed by atoms with Gasteiger partial charge in [-0.15, -0.1) is 0 Å². The van der Waals surface area contributed by atoms with E-state index in [9.17, 15) is 4.79 Å². The van der Waals surface area contributed by atoms with Crippen LogP contribution in [0.1, 0.15) is 80.6 Å². The van der Waals surface area contributed by atoms with Gasteiger partial charge in [-0.05, 0) is 59.0 Å². The lowest BCUT2D eigenvalue weighted by molar-refractivity contribution is -0.139. The number of unbranched alkanes of at least 4 members (excludes halogenated alkanes) is 1. The zero-order valence-corrected chi connectivity index (χ0v) is 16.5.